The van der Waals surface area contributed by atoms with Gasteiger partial charge in [-0.05, 0) is 32.1 Å². The van der Waals surface area contributed by atoms with Crippen molar-refractivity contribution in [3.05, 3.63) is 24.8 Å². The molecule has 0 fully saturated rings. The van der Waals surface area contributed by atoms with E-state index in [-0.39, 0.29) is 5.97 Å². The van der Waals surface area contributed by atoms with Crippen LogP contribution in [0, 0.1) is 0 Å². The maximum Gasteiger partial charge on any atom is 0.330 e. The first kappa shape index (κ1) is 16.9. The molecule has 0 aromatic carbocycles. The van der Waals surface area contributed by atoms with Gasteiger partial charge in [0.15, 0.2) is 0 Å². The fourth-order valence-corrected chi connectivity index (χ4v) is 1.70. The Bertz CT molecular complexity index is 231. The van der Waals surface area contributed by atoms with E-state index in [1.165, 1.54) is 51.0 Å². The lowest BCUT2D eigenvalue weighted by Gasteiger charge is -2.01. The summed E-state index contributed by atoms with van der Waals surface area (Å²) in [4.78, 5) is 10.7. The van der Waals surface area contributed by atoms with Gasteiger partial charge in [-0.15, -0.1) is 0 Å². The van der Waals surface area contributed by atoms with Crippen LogP contribution in [0.25, 0.3) is 0 Å². The highest BCUT2D eigenvalue weighted by Crippen LogP contribution is 2.05. The van der Waals surface area contributed by atoms with Crippen molar-refractivity contribution in [2.45, 2.75) is 64.7 Å². The van der Waals surface area contributed by atoms with Crippen molar-refractivity contribution in [3.63, 3.8) is 0 Å². The van der Waals surface area contributed by atoms with Gasteiger partial charge in [0.2, 0.25) is 0 Å². The van der Waals surface area contributed by atoms with Crippen LogP contribution in [-0.4, -0.2) is 12.6 Å². The van der Waals surface area contributed by atoms with Crippen LogP contribution in [0.3, 0.4) is 0 Å². The van der Waals surface area contributed by atoms with E-state index in [1.54, 1.807) is 0 Å². The number of esters is 1. The molecule has 0 saturated carbocycles. The molecule has 0 aliphatic heterocycles. The van der Waals surface area contributed by atoms with Gasteiger partial charge in [0.05, 0.1) is 6.61 Å². The Labute approximate surface area is 112 Å². The minimum Gasteiger partial charge on any atom is -0.463 e. The van der Waals surface area contributed by atoms with E-state index in [9.17, 15) is 4.79 Å². The zero-order valence-corrected chi connectivity index (χ0v) is 11.8. The molecule has 0 aromatic rings. The van der Waals surface area contributed by atoms with E-state index in [0.29, 0.717) is 6.61 Å². The molecule has 0 heterocycles. The fraction of sp³-hybridized carbons (Fsp3) is 0.688. The number of allylic oxidation sites excluding steroid dienone is 2. The molecule has 0 radical (unpaired) electrons. The van der Waals surface area contributed by atoms with E-state index < -0.39 is 0 Å². The molecule has 0 spiro atoms. The Morgan fingerprint density at radius 3 is 2.22 bits per heavy atom. The van der Waals surface area contributed by atoms with Crippen molar-refractivity contribution in [2.24, 2.45) is 0 Å². The van der Waals surface area contributed by atoms with Crippen molar-refractivity contribution >= 4 is 5.97 Å². The van der Waals surface area contributed by atoms with Crippen LogP contribution in [0.1, 0.15) is 64.7 Å². The summed E-state index contributed by atoms with van der Waals surface area (Å²) < 4.78 is 4.90. The SMILES string of the molecule is C=CC(=O)OCCCCCC/C=C/CCCCC. The van der Waals surface area contributed by atoms with Crippen molar-refractivity contribution < 1.29 is 9.53 Å². The van der Waals surface area contributed by atoms with E-state index in [1.807, 2.05) is 0 Å². The third-order valence-corrected chi connectivity index (χ3v) is 2.82. The number of ether oxygens (including phenoxy) is 1. The lowest BCUT2D eigenvalue weighted by molar-refractivity contribution is -0.137. The van der Waals surface area contributed by atoms with Crippen LogP contribution in [0.15, 0.2) is 24.8 Å². The number of hydrogen-bond donors (Lipinski definition) is 0. The van der Waals surface area contributed by atoms with Crippen LogP contribution in [0.5, 0.6) is 0 Å². The van der Waals surface area contributed by atoms with Crippen LogP contribution in [0.4, 0.5) is 0 Å². The number of carbonyl (C=O) groups is 1. The monoisotopic (exact) mass is 252 g/mol. The van der Waals surface area contributed by atoms with Crippen LogP contribution >= 0.6 is 0 Å². The smallest absolute Gasteiger partial charge is 0.330 e. The number of carbonyl (C=O) groups excluding carboxylic acids is 1. The molecule has 0 saturated heterocycles. The summed E-state index contributed by atoms with van der Waals surface area (Å²) in [6.07, 6.45) is 16.7. The Morgan fingerprint density at radius 2 is 1.61 bits per heavy atom. The van der Waals surface area contributed by atoms with Crippen LogP contribution in [0.2, 0.25) is 0 Å². The predicted octanol–water partition coefficient (Wildman–Crippen LogP) is 4.80. The fourth-order valence-electron chi connectivity index (χ4n) is 1.70. The highest BCUT2D eigenvalue weighted by molar-refractivity contribution is 5.81. The van der Waals surface area contributed by atoms with Crippen molar-refractivity contribution in [2.75, 3.05) is 6.61 Å². The van der Waals surface area contributed by atoms with Crippen molar-refractivity contribution in [3.8, 4) is 0 Å². The molecule has 18 heavy (non-hydrogen) atoms. The summed E-state index contributed by atoms with van der Waals surface area (Å²) in [5.74, 6) is -0.315. The molecule has 0 aliphatic rings. The lowest BCUT2D eigenvalue weighted by Crippen LogP contribution is -2.01. The van der Waals surface area contributed by atoms with Gasteiger partial charge < -0.3 is 4.74 Å². The summed E-state index contributed by atoms with van der Waals surface area (Å²) in [6.45, 7) is 6.11. The molecular formula is C16H28O2. The van der Waals surface area contributed by atoms with Crippen LogP contribution in [-0.2, 0) is 9.53 Å². The summed E-state index contributed by atoms with van der Waals surface area (Å²) in [7, 11) is 0. The van der Waals surface area contributed by atoms with Gasteiger partial charge in [-0.3, -0.25) is 0 Å². The Kier molecular flexibility index (Phi) is 13.2. The Balaban J connectivity index is 3.11. The van der Waals surface area contributed by atoms with Gasteiger partial charge in [-0.25, -0.2) is 4.79 Å². The standard InChI is InChI=1S/C16H28O2/c1-3-5-6-7-8-9-10-11-12-13-14-15-18-16(17)4-2/h4,8-9H,2-3,5-7,10-15H2,1H3/b9-8+. The van der Waals surface area contributed by atoms with Gasteiger partial charge in [-0.2, -0.15) is 0 Å². The average Bonchev–Trinajstić information content (AvgIpc) is 2.39. The quantitative estimate of drug-likeness (QED) is 0.216. The van der Waals surface area contributed by atoms with E-state index in [2.05, 4.69) is 25.7 Å². The van der Waals surface area contributed by atoms with Crippen LogP contribution < -0.4 is 0 Å². The van der Waals surface area contributed by atoms with Gasteiger partial charge in [0, 0.05) is 6.08 Å². The Hall–Kier alpha value is -1.05. The minimum atomic E-state index is -0.315. The van der Waals surface area contributed by atoms with Gasteiger partial charge >= 0.3 is 5.97 Å². The van der Waals surface area contributed by atoms with Gasteiger partial charge in [0.1, 0.15) is 0 Å². The minimum absolute atomic E-state index is 0.315. The first-order chi connectivity index (χ1) is 8.81. The number of unbranched alkanes of at least 4 members (excludes halogenated alkanes) is 7. The van der Waals surface area contributed by atoms with Gasteiger partial charge in [0.25, 0.3) is 0 Å². The molecule has 104 valence electrons. The molecule has 0 bridgehead atoms. The largest absolute Gasteiger partial charge is 0.463 e. The molecular weight excluding hydrogens is 224 g/mol. The molecule has 0 N–H and O–H groups in total. The van der Waals surface area contributed by atoms with Crippen molar-refractivity contribution in [1.82, 2.24) is 0 Å². The second-order valence-corrected chi connectivity index (χ2v) is 4.54. The topological polar surface area (TPSA) is 26.3 Å². The molecule has 0 amide bonds. The normalized spacial score (nSPS) is 10.7. The maximum atomic E-state index is 10.7. The first-order valence-electron chi connectivity index (χ1n) is 7.25. The molecule has 2 nitrogen and oxygen atoms in total. The number of rotatable bonds is 12. The van der Waals surface area contributed by atoms with Gasteiger partial charge in [-0.1, -0.05) is 51.3 Å². The molecule has 0 rings (SSSR count). The molecule has 2 heteroatoms. The summed E-state index contributed by atoms with van der Waals surface area (Å²) in [6, 6.07) is 0. The van der Waals surface area contributed by atoms with E-state index >= 15 is 0 Å². The maximum absolute atomic E-state index is 10.7. The first-order valence-corrected chi connectivity index (χ1v) is 7.25. The molecule has 0 unspecified atom stereocenters. The van der Waals surface area contributed by atoms with E-state index in [0.717, 1.165) is 12.8 Å². The second kappa shape index (κ2) is 14.0. The summed E-state index contributed by atoms with van der Waals surface area (Å²) >= 11 is 0. The molecule has 0 atom stereocenters. The zero-order chi connectivity index (χ0) is 13.5. The highest BCUT2D eigenvalue weighted by atomic mass is 16.5. The number of hydrogen-bond acceptors (Lipinski definition) is 2. The second-order valence-electron chi connectivity index (χ2n) is 4.54. The van der Waals surface area contributed by atoms with Crippen molar-refractivity contribution in [1.29, 1.82) is 0 Å². The average molecular weight is 252 g/mol. The lowest BCUT2D eigenvalue weighted by atomic mass is 10.1. The molecule has 0 aliphatic carbocycles. The summed E-state index contributed by atoms with van der Waals surface area (Å²) in [5.41, 5.74) is 0. The predicted molar refractivity (Wildman–Crippen MR) is 77.5 cm³/mol. The third-order valence-electron chi connectivity index (χ3n) is 2.82. The Morgan fingerprint density at radius 1 is 1.00 bits per heavy atom. The summed E-state index contributed by atoms with van der Waals surface area (Å²) in [5, 5.41) is 0. The van der Waals surface area contributed by atoms with E-state index in [4.69, 9.17) is 4.74 Å². The molecule has 0 aromatic heterocycles. The highest BCUT2D eigenvalue weighted by Gasteiger charge is 1.94. The zero-order valence-electron chi connectivity index (χ0n) is 11.8. The third kappa shape index (κ3) is 13.0.